The summed E-state index contributed by atoms with van der Waals surface area (Å²) < 4.78 is 21.5. The maximum absolute atomic E-state index is 13.7. The van der Waals surface area contributed by atoms with E-state index in [2.05, 4.69) is 0 Å². The van der Waals surface area contributed by atoms with Crippen molar-refractivity contribution >= 4 is 66.7 Å². The maximum Gasteiger partial charge on any atom is 0.261 e. The molecule has 2 aliphatic heterocycles. The zero-order chi connectivity index (χ0) is 32.7. The number of carbonyl (C=O) groups excluding carboxylic acids is 4. The van der Waals surface area contributed by atoms with Gasteiger partial charge in [-0.3, -0.25) is 29.0 Å². The number of ether oxygens (including phenoxy) is 4. The van der Waals surface area contributed by atoms with Crippen LogP contribution in [0.1, 0.15) is 54.8 Å². The van der Waals surface area contributed by atoms with Crippen LogP contribution in [0.2, 0.25) is 0 Å². The van der Waals surface area contributed by atoms with Gasteiger partial charge in [0, 0.05) is 39.6 Å². The molecule has 0 saturated carbocycles. The molecule has 4 amide bonds. The van der Waals surface area contributed by atoms with E-state index >= 15 is 0 Å². The van der Waals surface area contributed by atoms with Gasteiger partial charge in [0.15, 0.2) is 0 Å². The highest BCUT2D eigenvalue weighted by molar-refractivity contribution is 6.41. The highest BCUT2D eigenvalue weighted by Gasteiger charge is 2.36. The summed E-state index contributed by atoms with van der Waals surface area (Å²) in [5.74, 6) is -1.55. The Balaban J connectivity index is 1.24. The van der Waals surface area contributed by atoms with Crippen molar-refractivity contribution in [2.75, 3.05) is 66.1 Å². The van der Waals surface area contributed by atoms with Gasteiger partial charge in [0.25, 0.3) is 23.6 Å². The Morgan fingerprint density at radius 1 is 0.489 bits per heavy atom. The lowest BCUT2D eigenvalue weighted by molar-refractivity contribution is -0.0642. The average Bonchev–Trinajstić information content (AvgIpc) is 3.09. The number of nitrogens with zero attached hydrogens (tertiary/aromatic N) is 2. The molecule has 0 atom stereocenters. The number of hydrogen-bond donors (Lipinski definition) is 1. The van der Waals surface area contributed by atoms with Crippen molar-refractivity contribution in [3.05, 3.63) is 70.8 Å². The molecule has 0 unspecified atom stereocenters. The molecular weight excluding hydrogens is 604 g/mol. The molecule has 0 aromatic heterocycles. The van der Waals surface area contributed by atoms with Crippen LogP contribution in [0.15, 0.2) is 48.5 Å². The normalized spacial score (nSPS) is 14.7. The minimum atomic E-state index is -0.407. The van der Waals surface area contributed by atoms with Crippen molar-refractivity contribution in [2.24, 2.45) is 0 Å². The number of carbonyl (C=O) groups is 4. The fourth-order valence-electron chi connectivity index (χ4n) is 6.79. The fourth-order valence-corrected chi connectivity index (χ4v) is 6.79. The van der Waals surface area contributed by atoms with Gasteiger partial charge in [-0.1, -0.05) is 31.2 Å². The van der Waals surface area contributed by atoms with Crippen LogP contribution >= 0.6 is 0 Å². The molecule has 0 bridgehead atoms. The van der Waals surface area contributed by atoms with E-state index in [4.69, 9.17) is 24.1 Å². The maximum atomic E-state index is 13.7. The van der Waals surface area contributed by atoms with Crippen molar-refractivity contribution < 1.29 is 43.2 Å². The van der Waals surface area contributed by atoms with Gasteiger partial charge in [-0.05, 0) is 63.0 Å². The third-order valence-corrected chi connectivity index (χ3v) is 8.85. The summed E-state index contributed by atoms with van der Waals surface area (Å²) in [6.45, 7) is 3.98. The Bertz CT molecular complexity index is 1940. The first-order chi connectivity index (χ1) is 23.0. The second-order valence-corrected chi connectivity index (χ2v) is 11.5. The van der Waals surface area contributed by atoms with E-state index in [1.165, 1.54) is 9.80 Å². The number of aliphatic hydroxyl groups is 1. The number of fused-ring (bicyclic) bond motifs is 2. The van der Waals surface area contributed by atoms with Crippen molar-refractivity contribution in [1.82, 2.24) is 9.80 Å². The number of hydrogen-bond acceptors (Lipinski definition) is 9. The van der Waals surface area contributed by atoms with E-state index in [0.29, 0.717) is 52.8 Å². The molecule has 0 radical (unpaired) electrons. The van der Waals surface area contributed by atoms with E-state index in [1.807, 2.05) is 31.2 Å². The summed E-state index contributed by atoms with van der Waals surface area (Å²) in [4.78, 5) is 57.0. The lowest BCUT2D eigenvalue weighted by Gasteiger charge is -2.30. The van der Waals surface area contributed by atoms with Crippen molar-refractivity contribution in [3.8, 4) is 0 Å². The first-order valence-corrected chi connectivity index (χ1v) is 15.8. The Labute approximate surface area is 269 Å². The average molecular weight is 639 g/mol. The van der Waals surface area contributed by atoms with Crippen LogP contribution < -0.4 is 0 Å². The molecule has 0 fully saturated rings. The molecule has 0 saturated heterocycles. The Morgan fingerprint density at radius 2 is 0.872 bits per heavy atom. The number of aliphatic hydroxyl groups excluding tert-OH is 1. The van der Waals surface area contributed by atoms with Crippen LogP contribution in [0.3, 0.4) is 0 Å². The summed E-state index contributed by atoms with van der Waals surface area (Å²) >= 11 is 0. The SMILES string of the molecule is CCCOCCOCCN1C(=O)c2ccc3c4ccc5c6c(ccc(c7ccc(c2c37)C1=O)c64)C(=O)N(CCOCOCCO)C5=O. The van der Waals surface area contributed by atoms with Crippen LogP contribution in [-0.4, -0.2) is 105 Å². The third kappa shape index (κ3) is 5.11. The van der Waals surface area contributed by atoms with Gasteiger partial charge in [0.1, 0.15) is 6.79 Å². The van der Waals surface area contributed by atoms with E-state index in [0.717, 1.165) is 38.7 Å². The smallest absolute Gasteiger partial charge is 0.261 e. The van der Waals surface area contributed by atoms with Crippen molar-refractivity contribution in [1.29, 1.82) is 0 Å². The molecule has 0 spiro atoms. The van der Waals surface area contributed by atoms with Gasteiger partial charge < -0.3 is 24.1 Å². The molecule has 5 aromatic carbocycles. The monoisotopic (exact) mass is 638 g/mol. The third-order valence-electron chi connectivity index (χ3n) is 8.85. The van der Waals surface area contributed by atoms with E-state index in [9.17, 15) is 19.2 Å². The zero-order valence-corrected chi connectivity index (χ0v) is 26.0. The largest absolute Gasteiger partial charge is 0.394 e. The molecule has 1 N–H and O–H groups in total. The van der Waals surface area contributed by atoms with Crippen molar-refractivity contribution in [2.45, 2.75) is 13.3 Å². The zero-order valence-electron chi connectivity index (χ0n) is 26.0. The topological polar surface area (TPSA) is 132 Å². The van der Waals surface area contributed by atoms with Crippen LogP contribution in [0.25, 0.3) is 43.1 Å². The van der Waals surface area contributed by atoms with E-state index in [1.54, 1.807) is 24.3 Å². The summed E-state index contributed by atoms with van der Waals surface area (Å²) in [5.41, 5.74) is 1.74. The molecule has 47 heavy (non-hydrogen) atoms. The van der Waals surface area contributed by atoms with Crippen molar-refractivity contribution in [3.63, 3.8) is 0 Å². The van der Waals surface area contributed by atoms with Crippen LogP contribution in [0.4, 0.5) is 0 Å². The van der Waals surface area contributed by atoms with Gasteiger partial charge in [-0.2, -0.15) is 0 Å². The molecule has 2 aliphatic rings. The van der Waals surface area contributed by atoms with E-state index in [-0.39, 0.29) is 58.1 Å². The first kappa shape index (κ1) is 31.1. The second kappa shape index (κ2) is 12.9. The Hall–Kier alpha value is -4.52. The van der Waals surface area contributed by atoms with Gasteiger partial charge in [-0.15, -0.1) is 0 Å². The van der Waals surface area contributed by atoms with Crippen LogP contribution in [-0.2, 0) is 18.9 Å². The lowest BCUT2D eigenvalue weighted by Crippen LogP contribution is -2.42. The summed E-state index contributed by atoms with van der Waals surface area (Å²) in [6, 6.07) is 14.5. The van der Waals surface area contributed by atoms with Gasteiger partial charge in [0.05, 0.1) is 52.7 Å². The highest BCUT2D eigenvalue weighted by atomic mass is 16.7. The molecular formula is C36H34N2O9. The quantitative estimate of drug-likeness (QED) is 0.0584. The number of benzene rings is 5. The van der Waals surface area contributed by atoms with Gasteiger partial charge >= 0.3 is 0 Å². The minimum Gasteiger partial charge on any atom is -0.394 e. The molecule has 2 heterocycles. The molecule has 242 valence electrons. The number of imide groups is 2. The molecule has 11 heteroatoms. The highest BCUT2D eigenvalue weighted by Crippen LogP contribution is 2.46. The Morgan fingerprint density at radius 3 is 1.28 bits per heavy atom. The predicted molar refractivity (Wildman–Crippen MR) is 174 cm³/mol. The van der Waals surface area contributed by atoms with E-state index < -0.39 is 11.8 Å². The standard InChI is InChI=1S/C36H34N2O9/c1-2-14-44-18-19-45-15-11-37-33(40)25-7-3-21-23-5-9-27-32-28(36(43)38(35(27)42)12-16-46-20-47-17-13-39)10-6-24(30(23)32)22-4-8-26(34(37)41)31(25)29(21)22/h3-10,39H,2,11-20H2,1H3. The Kier molecular flexibility index (Phi) is 8.56. The second-order valence-electron chi connectivity index (χ2n) is 11.5. The number of rotatable bonds is 15. The summed E-state index contributed by atoms with van der Waals surface area (Å²) in [6.07, 6.45) is 0.924. The minimum absolute atomic E-state index is 0.0524. The van der Waals surface area contributed by atoms with Crippen LogP contribution in [0.5, 0.6) is 0 Å². The molecule has 7 rings (SSSR count). The lowest BCUT2D eigenvalue weighted by atomic mass is 9.82. The van der Waals surface area contributed by atoms with Gasteiger partial charge in [0.2, 0.25) is 0 Å². The summed E-state index contributed by atoms with van der Waals surface area (Å²) in [7, 11) is 0. The first-order valence-electron chi connectivity index (χ1n) is 15.8. The molecule has 5 aromatic rings. The molecule has 0 aliphatic carbocycles. The van der Waals surface area contributed by atoms with Crippen LogP contribution in [0, 0.1) is 0 Å². The fraction of sp³-hybridized carbons (Fsp3) is 0.333. The predicted octanol–water partition coefficient (Wildman–Crippen LogP) is 4.36. The number of amides is 4. The molecule has 11 nitrogen and oxygen atoms in total. The summed E-state index contributed by atoms with van der Waals surface area (Å²) in [5, 5.41) is 15.0. The van der Waals surface area contributed by atoms with Gasteiger partial charge in [-0.25, -0.2) is 0 Å².